The third kappa shape index (κ3) is 4.07. The number of ether oxygens (including phenoxy) is 2. The molecule has 7 nitrogen and oxygen atoms in total. The van der Waals surface area contributed by atoms with Gasteiger partial charge in [0.15, 0.2) is 0 Å². The van der Waals surface area contributed by atoms with Crippen molar-refractivity contribution in [1.29, 1.82) is 0 Å². The van der Waals surface area contributed by atoms with Gasteiger partial charge in [0.05, 0.1) is 32.8 Å². The molecule has 1 fully saturated rings. The van der Waals surface area contributed by atoms with E-state index in [1.807, 2.05) is 47.2 Å². The van der Waals surface area contributed by atoms with Crippen LogP contribution < -0.4 is 14.8 Å². The molecule has 0 saturated heterocycles. The van der Waals surface area contributed by atoms with Gasteiger partial charge < -0.3 is 24.3 Å². The summed E-state index contributed by atoms with van der Waals surface area (Å²) in [6.45, 7) is 4.88. The number of thiophene rings is 1. The zero-order valence-electron chi connectivity index (χ0n) is 20.8. The molecule has 186 valence electrons. The Morgan fingerprint density at radius 2 is 1.86 bits per heavy atom. The maximum atomic E-state index is 14.0. The van der Waals surface area contributed by atoms with Crippen LogP contribution in [-0.4, -0.2) is 47.1 Å². The van der Waals surface area contributed by atoms with Crippen molar-refractivity contribution in [2.45, 2.75) is 64.2 Å². The average Bonchev–Trinajstić information content (AvgIpc) is 3.51. The minimum atomic E-state index is -1.06. The Morgan fingerprint density at radius 1 is 1.14 bits per heavy atom. The molecule has 1 aliphatic carbocycles. The number of amides is 2. The summed E-state index contributed by atoms with van der Waals surface area (Å²) in [7, 11) is 3.23. The minimum absolute atomic E-state index is 0.101. The third-order valence-electron chi connectivity index (χ3n) is 7.68. The number of rotatable bonds is 6. The fourth-order valence-corrected chi connectivity index (χ4v) is 6.20. The fraction of sp³-hybridized carbons (Fsp3) is 0.481. The van der Waals surface area contributed by atoms with Crippen LogP contribution in [0.2, 0.25) is 0 Å². The van der Waals surface area contributed by atoms with Crippen molar-refractivity contribution in [3.05, 3.63) is 46.3 Å². The summed E-state index contributed by atoms with van der Waals surface area (Å²) < 4.78 is 13.2. The van der Waals surface area contributed by atoms with Gasteiger partial charge in [-0.05, 0) is 68.2 Å². The van der Waals surface area contributed by atoms with Crippen molar-refractivity contribution in [2.24, 2.45) is 5.92 Å². The Kier molecular flexibility index (Phi) is 6.25. The quantitative estimate of drug-likeness (QED) is 0.532. The van der Waals surface area contributed by atoms with E-state index in [9.17, 15) is 9.59 Å². The molecule has 1 saturated carbocycles. The maximum absolute atomic E-state index is 14.0. The van der Waals surface area contributed by atoms with Gasteiger partial charge in [-0.15, -0.1) is 11.3 Å². The van der Waals surface area contributed by atoms with Gasteiger partial charge in [-0.25, -0.2) is 0 Å². The molecular weight excluding hydrogens is 462 g/mol. The van der Waals surface area contributed by atoms with E-state index in [2.05, 4.69) is 12.2 Å². The second-order valence-electron chi connectivity index (χ2n) is 10.0. The van der Waals surface area contributed by atoms with Gasteiger partial charge in [-0.2, -0.15) is 0 Å². The van der Waals surface area contributed by atoms with Crippen molar-refractivity contribution in [3.63, 3.8) is 0 Å². The Hall–Kier alpha value is -3.00. The second-order valence-corrected chi connectivity index (χ2v) is 11.1. The number of benzene rings is 1. The molecule has 8 heteroatoms. The van der Waals surface area contributed by atoms with E-state index in [0.29, 0.717) is 36.2 Å². The van der Waals surface area contributed by atoms with Gasteiger partial charge in [0.1, 0.15) is 22.7 Å². The predicted molar refractivity (Wildman–Crippen MR) is 137 cm³/mol. The van der Waals surface area contributed by atoms with Crippen LogP contribution in [0.15, 0.2) is 35.7 Å². The van der Waals surface area contributed by atoms with Gasteiger partial charge in [-0.1, -0.05) is 13.0 Å². The highest BCUT2D eigenvalue weighted by Gasteiger charge is 2.48. The van der Waals surface area contributed by atoms with Crippen LogP contribution in [0.4, 0.5) is 0 Å². The molecule has 35 heavy (non-hydrogen) atoms. The highest BCUT2D eigenvalue weighted by atomic mass is 32.1. The first-order valence-electron chi connectivity index (χ1n) is 12.2. The van der Waals surface area contributed by atoms with Crippen molar-refractivity contribution < 1.29 is 19.1 Å². The van der Waals surface area contributed by atoms with Crippen LogP contribution in [0.3, 0.4) is 0 Å². The SMILES string of the molecule is COc1ccc(OC)c2c1cc1n2C[C@@](C)(C(=O)NC2CCC(C)CC2)N(Cc2cccs2)C1=O. The van der Waals surface area contributed by atoms with Crippen LogP contribution in [0.1, 0.15) is 54.9 Å². The summed E-state index contributed by atoms with van der Waals surface area (Å²) >= 11 is 1.59. The number of carbonyl (C=O) groups excluding carboxylic acids is 2. The number of aromatic nitrogens is 1. The van der Waals surface area contributed by atoms with E-state index in [1.54, 1.807) is 30.5 Å². The lowest BCUT2D eigenvalue weighted by atomic mass is 9.86. The summed E-state index contributed by atoms with van der Waals surface area (Å²) in [6, 6.07) is 9.68. The molecule has 0 spiro atoms. The summed E-state index contributed by atoms with van der Waals surface area (Å²) in [5, 5.41) is 6.10. The zero-order chi connectivity index (χ0) is 24.7. The molecule has 1 atom stereocenters. The standard InChI is InChI=1S/C27H33N3O4S/c1-17-7-9-18(10-8-17)28-26(32)27(2)16-29-21(25(31)30(27)15-19-6-5-13-35-19)14-20-22(33-3)11-12-23(34-4)24(20)29/h5-6,11-14,17-18H,7-10,15-16H2,1-4H3,(H,28,32)/t17?,18?,27-/m0/s1. The van der Waals surface area contributed by atoms with Crippen molar-refractivity contribution in [3.8, 4) is 11.5 Å². The smallest absolute Gasteiger partial charge is 0.271 e. The molecule has 5 rings (SSSR count). The molecule has 1 N–H and O–H groups in total. The highest BCUT2D eigenvalue weighted by molar-refractivity contribution is 7.09. The number of nitrogens with one attached hydrogen (secondary N) is 1. The van der Waals surface area contributed by atoms with Gasteiger partial charge in [-0.3, -0.25) is 9.59 Å². The van der Waals surface area contributed by atoms with Crippen LogP contribution in [0.25, 0.3) is 10.9 Å². The number of hydrogen-bond acceptors (Lipinski definition) is 5. The lowest BCUT2D eigenvalue weighted by molar-refractivity contribution is -0.134. The van der Waals surface area contributed by atoms with E-state index >= 15 is 0 Å². The largest absolute Gasteiger partial charge is 0.496 e. The van der Waals surface area contributed by atoms with E-state index in [4.69, 9.17) is 9.47 Å². The molecule has 2 amide bonds. The number of fused-ring (bicyclic) bond motifs is 3. The molecule has 3 heterocycles. The topological polar surface area (TPSA) is 72.8 Å². The van der Waals surface area contributed by atoms with Gasteiger partial charge in [0.2, 0.25) is 5.91 Å². The molecule has 2 aromatic heterocycles. The molecule has 3 aromatic rings. The monoisotopic (exact) mass is 495 g/mol. The van der Waals surface area contributed by atoms with E-state index in [0.717, 1.165) is 41.5 Å². The molecule has 0 bridgehead atoms. The molecule has 0 radical (unpaired) electrons. The Morgan fingerprint density at radius 3 is 2.51 bits per heavy atom. The van der Waals surface area contributed by atoms with Crippen molar-refractivity contribution in [2.75, 3.05) is 14.2 Å². The summed E-state index contributed by atoms with van der Waals surface area (Å²) in [5.41, 5.74) is 0.254. The lowest BCUT2D eigenvalue weighted by Gasteiger charge is -2.45. The third-order valence-corrected chi connectivity index (χ3v) is 8.54. The first-order chi connectivity index (χ1) is 16.9. The van der Waals surface area contributed by atoms with E-state index < -0.39 is 5.54 Å². The molecule has 1 aliphatic heterocycles. The van der Waals surface area contributed by atoms with Crippen molar-refractivity contribution >= 4 is 34.1 Å². The molecule has 1 aromatic carbocycles. The normalized spacial score (nSPS) is 24.3. The predicted octanol–water partition coefficient (Wildman–Crippen LogP) is 4.83. The second kappa shape index (κ2) is 9.22. The van der Waals surface area contributed by atoms with E-state index in [-0.39, 0.29) is 17.9 Å². The van der Waals surface area contributed by atoms with Crippen LogP contribution in [-0.2, 0) is 17.9 Å². The van der Waals surface area contributed by atoms with Crippen LogP contribution in [0.5, 0.6) is 11.5 Å². The van der Waals surface area contributed by atoms with Crippen molar-refractivity contribution in [1.82, 2.24) is 14.8 Å². The fourth-order valence-electron chi connectivity index (χ4n) is 5.51. The lowest BCUT2D eigenvalue weighted by Crippen LogP contribution is -2.64. The Bertz CT molecular complexity index is 1240. The summed E-state index contributed by atoms with van der Waals surface area (Å²) in [4.78, 5) is 30.7. The number of methoxy groups -OCH3 is 2. The van der Waals surface area contributed by atoms with Crippen LogP contribution in [0, 0.1) is 5.92 Å². The van der Waals surface area contributed by atoms with Gasteiger partial charge >= 0.3 is 0 Å². The number of carbonyl (C=O) groups is 2. The molecule has 2 aliphatic rings. The maximum Gasteiger partial charge on any atom is 0.271 e. The minimum Gasteiger partial charge on any atom is -0.496 e. The number of nitrogens with zero attached hydrogens (tertiary/aromatic N) is 2. The summed E-state index contributed by atoms with van der Waals surface area (Å²) in [5.74, 6) is 1.75. The van der Waals surface area contributed by atoms with Crippen LogP contribution >= 0.6 is 11.3 Å². The Labute approximate surface area is 210 Å². The van der Waals surface area contributed by atoms with Gasteiger partial charge in [0, 0.05) is 16.3 Å². The number of hydrogen-bond donors (Lipinski definition) is 1. The summed E-state index contributed by atoms with van der Waals surface area (Å²) in [6.07, 6.45) is 4.18. The average molecular weight is 496 g/mol. The first kappa shape index (κ1) is 23.7. The highest BCUT2D eigenvalue weighted by Crippen LogP contribution is 2.40. The van der Waals surface area contributed by atoms with E-state index in [1.165, 1.54) is 0 Å². The first-order valence-corrected chi connectivity index (χ1v) is 13.1. The van der Waals surface area contributed by atoms with Gasteiger partial charge in [0.25, 0.3) is 5.91 Å². The molecular formula is C27H33N3O4S. The molecule has 0 unspecified atom stereocenters. The Balaban J connectivity index is 1.59. The zero-order valence-corrected chi connectivity index (χ0v) is 21.6.